The van der Waals surface area contributed by atoms with Gasteiger partial charge in [0.05, 0.1) is 19.0 Å². The van der Waals surface area contributed by atoms with Gasteiger partial charge in [0.2, 0.25) is 5.91 Å². The summed E-state index contributed by atoms with van der Waals surface area (Å²) in [4.78, 5) is 31.4. The molecule has 160 valence electrons. The summed E-state index contributed by atoms with van der Waals surface area (Å²) in [6.07, 6.45) is 2.70. The minimum atomic E-state index is -4.41. The number of nitrogens with zero attached hydrogens (tertiary/aromatic N) is 3. The summed E-state index contributed by atoms with van der Waals surface area (Å²) in [7, 11) is 1.25. The van der Waals surface area contributed by atoms with Crippen LogP contribution in [0.4, 0.5) is 19.0 Å². The predicted octanol–water partition coefficient (Wildman–Crippen LogP) is 3.78. The van der Waals surface area contributed by atoms with Crippen LogP contribution < -0.4 is 5.32 Å². The summed E-state index contributed by atoms with van der Waals surface area (Å²) in [5, 5.41) is 2.56. The first-order valence-corrected chi connectivity index (χ1v) is 8.96. The first-order chi connectivity index (χ1) is 14.7. The van der Waals surface area contributed by atoms with Crippen LogP contribution in [0.3, 0.4) is 0 Å². The van der Waals surface area contributed by atoms with Crippen molar-refractivity contribution in [1.29, 1.82) is 0 Å². The number of halogens is 3. The topological polar surface area (TPSA) is 86.1 Å². The van der Waals surface area contributed by atoms with Gasteiger partial charge in [0.1, 0.15) is 5.69 Å². The largest absolute Gasteiger partial charge is 0.464 e. The van der Waals surface area contributed by atoms with Crippen molar-refractivity contribution in [2.75, 3.05) is 12.4 Å². The van der Waals surface area contributed by atoms with Crippen molar-refractivity contribution in [3.63, 3.8) is 0 Å². The maximum Gasteiger partial charge on any atom is 0.416 e. The maximum absolute atomic E-state index is 12.8. The van der Waals surface area contributed by atoms with Gasteiger partial charge in [-0.2, -0.15) is 13.2 Å². The van der Waals surface area contributed by atoms with Crippen molar-refractivity contribution < 1.29 is 27.5 Å². The van der Waals surface area contributed by atoms with Crippen LogP contribution in [-0.4, -0.2) is 33.5 Å². The van der Waals surface area contributed by atoms with Crippen molar-refractivity contribution in [3.8, 4) is 0 Å². The molecule has 0 radical (unpaired) electrons. The number of esters is 1. The Kier molecular flexibility index (Phi) is 6.49. The molecule has 0 aliphatic rings. The molecular weight excluding hydrogens is 413 g/mol. The average molecular weight is 430 g/mol. The zero-order valence-electron chi connectivity index (χ0n) is 16.3. The first kappa shape index (κ1) is 21.8. The number of methoxy groups -OCH3 is 1. The van der Waals surface area contributed by atoms with E-state index in [4.69, 9.17) is 0 Å². The van der Waals surface area contributed by atoms with Gasteiger partial charge in [-0.15, -0.1) is 0 Å². The van der Waals surface area contributed by atoms with Gasteiger partial charge in [0, 0.05) is 25.0 Å². The molecule has 1 aromatic carbocycles. The van der Waals surface area contributed by atoms with Gasteiger partial charge in [-0.05, 0) is 35.4 Å². The highest BCUT2D eigenvalue weighted by Gasteiger charge is 2.30. The van der Waals surface area contributed by atoms with Crippen molar-refractivity contribution in [3.05, 3.63) is 83.6 Å². The molecule has 0 saturated heterocycles. The second-order valence-corrected chi connectivity index (χ2v) is 6.42. The third-order valence-corrected chi connectivity index (χ3v) is 4.11. The number of rotatable bonds is 6. The smallest absolute Gasteiger partial charge is 0.416 e. The van der Waals surface area contributed by atoms with Crippen LogP contribution in [0.1, 0.15) is 27.2 Å². The van der Waals surface area contributed by atoms with Crippen LogP contribution in [0.25, 0.3) is 6.08 Å². The number of carbonyl (C=O) groups is 2. The molecule has 0 aliphatic heterocycles. The molecule has 0 bridgehead atoms. The number of nitrogens with one attached hydrogen (secondary N) is 1. The van der Waals surface area contributed by atoms with E-state index in [2.05, 4.69) is 20.0 Å². The van der Waals surface area contributed by atoms with E-state index in [-0.39, 0.29) is 18.1 Å². The molecule has 1 amide bonds. The number of amides is 1. The number of hydrogen-bond donors (Lipinski definition) is 1. The number of hydrogen-bond acceptors (Lipinski definition) is 5. The lowest BCUT2D eigenvalue weighted by atomic mass is 10.1. The van der Waals surface area contributed by atoms with Crippen LogP contribution >= 0.6 is 0 Å². The minimum absolute atomic E-state index is 0.149. The summed E-state index contributed by atoms with van der Waals surface area (Å²) >= 11 is 0. The highest BCUT2D eigenvalue weighted by atomic mass is 19.4. The Morgan fingerprint density at radius 3 is 2.68 bits per heavy atom. The molecule has 0 fully saturated rings. The standard InChI is InChI=1S/C21H17F3N4O3/c1-31-20(30)17-7-5-14(10-25-17)6-8-19(29)27-18-12-28(13-26-18)11-15-3-2-4-16(9-15)21(22,23)24/h2-10,12-13H,11H2,1H3,(H,27,29). The van der Waals surface area contributed by atoms with Gasteiger partial charge >= 0.3 is 12.1 Å². The third-order valence-electron chi connectivity index (χ3n) is 4.11. The quantitative estimate of drug-likeness (QED) is 0.475. The van der Waals surface area contributed by atoms with Crippen LogP contribution in [-0.2, 0) is 22.3 Å². The Morgan fingerprint density at radius 1 is 1.19 bits per heavy atom. The molecule has 0 aliphatic carbocycles. The second-order valence-electron chi connectivity index (χ2n) is 6.42. The van der Waals surface area contributed by atoms with Crippen LogP contribution in [0.15, 0.2) is 61.2 Å². The lowest BCUT2D eigenvalue weighted by Crippen LogP contribution is -2.08. The summed E-state index contributed by atoms with van der Waals surface area (Å²) in [6, 6.07) is 8.07. The summed E-state index contributed by atoms with van der Waals surface area (Å²) in [5.74, 6) is -0.767. The van der Waals surface area contributed by atoms with E-state index >= 15 is 0 Å². The molecule has 0 unspecified atom stereocenters. The number of benzene rings is 1. The summed E-state index contributed by atoms with van der Waals surface area (Å²) in [6.45, 7) is 0.168. The number of pyridine rings is 1. The lowest BCUT2D eigenvalue weighted by Gasteiger charge is -2.09. The van der Waals surface area contributed by atoms with Crippen molar-refractivity contribution in [2.24, 2.45) is 0 Å². The molecule has 3 rings (SSSR count). The zero-order valence-corrected chi connectivity index (χ0v) is 16.3. The number of ether oxygens (including phenoxy) is 1. The van der Waals surface area contributed by atoms with Gasteiger partial charge < -0.3 is 14.6 Å². The maximum atomic E-state index is 12.8. The molecule has 3 aromatic rings. The van der Waals surface area contributed by atoms with E-state index in [1.165, 1.54) is 50.1 Å². The molecule has 0 saturated carbocycles. The summed E-state index contributed by atoms with van der Waals surface area (Å²) < 4.78 is 44.6. The number of alkyl halides is 3. The Balaban J connectivity index is 1.59. The number of aromatic nitrogens is 3. The number of anilines is 1. The monoisotopic (exact) mass is 430 g/mol. The van der Waals surface area contributed by atoms with E-state index in [1.807, 2.05) is 0 Å². The molecule has 2 aromatic heterocycles. The summed E-state index contributed by atoms with van der Waals surface area (Å²) in [5.41, 5.74) is 0.471. The van der Waals surface area contributed by atoms with Crippen LogP contribution in [0.5, 0.6) is 0 Å². The van der Waals surface area contributed by atoms with E-state index in [1.54, 1.807) is 16.7 Å². The lowest BCUT2D eigenvalue weighted by molar-refractivity contribution is -0.137. The van der Waals surface area contributed by atoms with Crippen molar-refractivity contribution in [1.82, 2.24) is 14.5 Å². The van der Waals surface area contributed by atoms with Gasteiger partial charge in [-0.3, -0.25) is 4.79 Å². The van der Waals surface area contributed by atoms with Gasteiger partial charge in [-0.1, -0.05) is 18.2 Å². The van der Waals surface area contributed by atoms with Crippen LogP contribution in [0, 0.1) is 0 Å². The Hall–Kier alpha value is -3.95. The van der Waals surface area contributed by atoms with E-state index in [0.717, 1.165) is 12.1 Å². The zero-order chi connectivity index (χ0) is 22.4. The number of imidazole rings is 1. The van der Waals surface area contributed by atoms with Gasteiger partial charge in [0.15, 0.2) is 5.82 Å². The fourth-order valence-electron chi connectivity index (χ4n) is 2.64. The molecule has 0 atom stereocenters. The van der Waals surface area contributed by atoms with Crippen LogP contribution in [0.2, 0.25) is 0 Å². The Labute approximate surface area is 175 Å². The van der Waals surface area contributed by atoms with Crippen molar-refractivity contribution >= 4 is 23.8 Å². The normalized spacial score (nSPS) is 11.5. The average Bonchev–Trinajstić information content (AvgIpc) is 3.18. The van der Waals surface area contributed by atoms with E-state index < -0.39 is 23.6 Å². The SMILES string of the molecule is COC(=O)c1ccc(C=CC(=O)Nc2cn(Cc3cccc(C(F)(F)F)c3)cn2)cn1. The van der Waals surface area contributed by atoms with Gasteiger partial charge in [-0.25, -0.2) is 14.8 Å². The van der Waals surface area contributed by atoms with Crippen molar-refractivity contribution in [2.45, 2.75) is 12.7 Å². The Bertz CT molecular complexity index is 1110. The molecule has 2 heterocycles. The molecule has 0 spiro atoms. The second kappa shape index (κ2) is 9.24. The molecule has 10 heteroatoms. The highest BCUT2D eigenvalue weighted by Crippen LogP contribution is 2.29. The third kappa shape index (κ3) is 6.01. The molecule has 1 N–H and O–H groups in total. The first-order valence-electron chi connectivity index (χ1n) is 8.96. The number of carbonyl (C=O) groups excluding carboxylic acids is 2. The molecular formula is C21H17F3N4O3. The van der Waals surface area contributed by atoms with E-state index in [9.17, 15) is 22.8 Å². The van der Waals surface area contributed by atoms with Gasteiger partial charge in [0.25, 0.3) is 0 Å². The van der Waals surface area contributed by atoms with E-state index in [0.29, 0.717) is 11.1 Å². The Morgan fingerprint density at radius 2 is 2.00 bits per heavy atom. The predicted molar refractivity (Wildman–Crippen MR) is 106 cm³/mol. The minimum Gasteiger partial charge on any atom is -0.464 e. The molecule has 7 nitrogen and oxygen atoms in total. The highest BCUT2D eigenvalue weighted by molar-refractivity contribution is 6.01. The fourth-order valence-corrected chi connectivity index (χ4v) is 2.64. The fraction of sp³-hybridized carbons (Fsp3) is 0.143. The molecule has 31 heavy (non-hydrogen) atoms.